The number of hydrogen-bond acceptors (Lipinski definition) is 3. The van der Waals surface area contributed by atoms with Gasteiger partial charge in [0, 0.05) is 34.5 Å². The molecule has 3 heteroatoms. The molecule has 0 amide bonds. The van der Waals surface area contributed by atoms with E-state index in [2.05, 4.69) is 80.4 Å². The first kappa shape index (κ1) is 18.3. The molecule has 0 aliphatic rings. The van der Waals surface area contributed by atoms with Gasteiger partial charge in [-0.2, -0.15) is 0 Å². The van der Waals surface area contributed by atoms with Crippen LogP contribution in [0.25, 0.3) is 22.3 Å². The fraction of sp³-hybridized carbons (Fsp3) is 0.240. The van der Waals surface area contributed by atoms with Crippen molar-refractivity contribution in [2.24, 2.45) is 0 Å². The van der Waals surface area contributed by atoms with Crippen molar-refractivity contribution in [3.05, 3.63) is 89.9 Å². The maximum absolute atomic E-state index is 4.93. The molecule has 1 atom stereocenters. The molecule has 1 unspecified atom stereocenters. The van der Waals surface area contributed by atoms with Crippen LogP contribution in [0.4, 0.5) is 0 Å². The van der Waals surface area contributed by atoms with Gasteiger partial charge in [0.1, 0.15) is 0 Å². The molecule has 3 heterocycles. The molecule has 0 radical (unpaired) electrons. The van der Waals surface area contributed by atoms with E-state index in [0.29, 0.717) is 5.92 Å². The van der Waals surface area contributed by atoms with E-state index < -0.39 is 0 Å². The molecule has 28 heavy (non-hydrogen) atoms. The van der Waals surface area contributed by atoms with Crippen molar-refractivity contribution in [2.45, 2.75) is 39.0 Å². The van der Waals surface area contributed by atoms with Crippen molar-refractivity contribution in [1.82, 2.24) is 15.0 Å². The Bertz CT molecular complexity index is 1100. The zero-order chi connectivity index (χ0) is 19.5. The predicted octanol–water partition coefficient (Wildman–Crippen LogP) is 6.16. The van der Waals surface area contributed by atoms with Gasteiger partial charge in [-0.15, -0.1) is 0 Å². The van der Waals surface area contributed by atoms with Crippen LogP contribution in [0.3, 0.4) is 0 Å². The number of aromatic nitrogens is 3. The Morgan fingerprint density at radius 1 is 0.821 bits per heavy atom. The highest BCUT2D eigenvalue weighted by Gasteiger charge is 2.11. The molecular formula is C25H25N3. The molecule has 0 N–H and O–H groups in total. The minimum atomic E-state index is 0.274. The van der Waals surface area contributed by atoms with E-state index in [9.17, 15) is 0 Å². The molecular weight excluding hydrogens is 342 g/mol. The Balaban J connectivity index is 1.58. The standard InChI is InChI=1S/C25H25N3/c1-17(2)20-7-4-8-21(16-20)24-11-5-10-22(27-24)15-18(3)23-13-12-19-9-6-14-26-25(19)28-23/h4-14,16-18H,15H2,1-3H3. The highest BCUT2D eigenvalue weighted by molar-refractivity contribution is 5.74. The number of benzene rings is 1. The van der Waals surface area contributed by atoms with Crippen LogP contribution in [0.2, 0.25) is 0 Å². The van der Waals surface area contributed by atoms with Crippen LogP contribution >= 0.6 is 0 Å². The van der Waals surface area contributed by atoms with Crippen LogP contribution in [0, 0.1) is 0 Å². The molecule has 0 saturated heterocycles. The summed E-state index contributed by atoms with van der Waals surface area (Å²) in [6.45, 7) is 6.64. The zero-order valence-electron chi connectivity index (χ0n) is 16.6. The van der Waals surface area contributed by atoms with E-state index in [1.54, 1.807) is 6.20 Å². The van der Waals surface area contributed by atoms with Gasteiger partial charge in [-0.05, 0) is 60.4 Å². The van der Waals surface area contributed by atoms with Gasteiger partial charge in [0.15, 0.2) is 5.65 Å². The Labute approximate surface area is 166 Å². The summed E-state index contributed by atoms with van der Waals surface area (Å²) in [6.07, 6.45) is 2.64. The van der Waals surface area contributed by atoms with Crippen molar-refractivity contribution >= 4 is 11.0 Å². The van der Waals surface area contributed by atoms with Gasteiger partial charge in [0.2, 0.25) is 0 Å². The van der Waals surface area contributed by atoms with Crippen molar-refractivity contribution < 1.29 is 0 Å². The SMILES string of the molecule is CC(C)c1cccc(-c2cccc(CC(C)c3ccc4cccnc4n3)n2)c1. The third-order valence-electron chi connectivity index (χ3n) is 5.16. The minimum Gasteiger partial charge on any atom is -0.253 e. The van der Waals surface area contributed by atoms with Crippen LogP contribution < -0.4 is 0 Å². The summed E-state index contributed by atoms with van der Waals surface area (Å²) in [6, 6.07) is 23.2. The molecule has 4 rings (SSSR count). The molecule has 3 nitrogen and oxygen atoms in total. The molecule has 0 fully saturated rings. The maximum Gasteiger partial charge on any atom is 0.159 e. The largest absolute Gasteiger partial charge is 0.253 e. The monoisotopic (exact) mass is 367 g/mol. The number of hydrogen-bond donors (Lipinski definition) is 0. The Morgan fingerprint density at radius 3 is 2.54 bits per heavy atom. The first-order chi connectivity index (χ1) is 13.6. The Kier molecular flexibility index (Phi) is 5.16. The molecule has 1 aromatic carbocycles. The summed E-state index contributed by atoms with van der Waals surface area (Å²) >= 11 is 0. The summed E-state index contributed by atoms with van der Waals surface area (Å²) in [5.74, 6) is 0.784. The van der Waals surface area contributed by atoms with Gasteiger partial charge in [0.25, 0.3) is 0 Å². The fourth-order valence-corrected chi connectivity index (χ4v) is 3.47. The molecule has 0 aliphatic heterocycles. The highest BCUT2D eigenvalue weighted by atomic mass is 14.8. The number of pyridine rings is 3. The lowest BCUT2D eigenvalue weighted by Crippen LogP contribution is -2.04. The summed E-state index contributed by atoms with van der Waals surface area (Å²) in [7, 11) is 0. The van der Waals surface area contributed by atoms with Crippen LogP contribution in [0.5, 0.6) is 0 Å². The maximum atomic E-state index is 4.93. The average Bonchev–Trinajstić information content (AvgIpc) is 2.73. The van der Waals surface area contributed by atoms with Gasteiger partial charge >= 0.3 is 0 Å². The van der Waals surface area contributed by atoms with Gasteiger partial charge in [0.05, 0.1) is 5.69 Å². The van der Waals surface area contributed by atoms with Gasteiger partial charge in [-0.25, -0.2) is 9.97 Å². The minimum absolute atomic E-state index is 0.274. The van der Waals surface area contributed by atoms with Gasteiger partial charge in [-0.1, -0.05) is 45.0 Å². The smallest absolute Gasteiger partial charge is 0.159 e. The topological polar surface area (TPSA) is 38.7 Å². The lowest BCUT2D eigenvalue weighted by molar-refractivity contribution is 0.719. The Hall–Kier alpha value is -3.07. The van der Waals surface area contributed by atoms with Crippen molar-refractivity contribution in [2.75, 3.05) is 0 Å². The van der Waals surface area contributed by atoms with E-state index in [1.807, 2.05) is 12.1 Å². The summed E-state index contributed by atoms with van der Waals surface area (Å²) in [5.41, 5.74) is 6.49. The lowest BCUT2D eigenvalue weighted by atomic mass is 9.98. The average molecular weight is 367 g/mol. The second-order valence-electron chi connectivity index (χ2n) is 7.69. The van der Waals surface area contributed by atoms with Crippen LogP contribution in [0.15, 0.2) is 72.9 Å². The molecule has 140 valence electrons. The predicted molar refractivity (Wildman–Crippen MR) is 115 cm³/mol. The highest BCUT2D eigenvalue weighted by Crippen LogP contribution is 2.25. The molecule has 0 spiro atoms. The molecule has 4 aromatic rings. The second-order valence-corrected chi connectivity index (χ2v) is 7.69. The zero-order valence-corrected chi connectivity index (χ0v) is 16.6. The summed E-state index contributed by atoms with van der Waals surface area (Å²) < 4.78 is 0. The Morgan fingerprint density at radius 2 is 1.68 bits per heavy atom. The normalized spacial score (nSPS) is 12.4. The fourth-order valence-electron chi connectivity index (χ4n) is 3.47. The van der Waals surface area contributed by atoms with E-state index in [1.165, 1.54) is 11.1 Å². The molecule has 0 saturated carbocycles. The van der Waals surface area contributed by atoms with Crippen LogP contribution in [-0.4, -0.2) is 15.0 Å². The lowest BCUT2D eigenvalue weighted by Gasteiger charge is -2.13. The van der Waals surface area contributed by atoms with E-state index in [-0.39, 0.29) is 5.92 Å². The van der Waals surface area contributed by atoms with E-state index >= 15 is 0 Å². The van der Waals surface area contributed by atoms with Gasteiger partial charge < -0.3 is 0 Å². The second kappa shape index (κ2) is 7.89. The summed E-state index contributed by atoms with van der Waals surface area (Å²) in [4.78, 5) is 14.1. The molecule has 0 aliphatic carbocycles. The van der Waals surface area contributed by atoms with Crippen LogP contribution in [-0.2, 0) is 6.42 Å². The van der Waals surface area contributed by atoms with Crippen molar-refractivity contribution in [1.29, 1.82) is 0 Å². The van der Waals surface area contributed by atoms with Gasteiger partial charge in [-0.3, -0.25) is 4.98 Å². The van der Waals surface area contributed by atoms with Crippen molar-refractivity contribution in [3.63, 3.8) is 0 Å². The third kappa shape index (κ3) is 3.94. The van der Waals surface area contributed by atoms with E-state index in [4.69, 9.17) is 9.97 Å². The third-order valence-corrected chi connectivity index (χ3v) is 5.16. The van der Waals surface area contributed by atoms with Crippen LogP contribution in [0.1, 0.15) is 49.6 Å². The first-order valence-corrected chi connectivity index (χ1v) is 9.88. The number of fused-ring (bicyclic) bond motifs is 1. The van der Waals surface area contributed by atoms with E-state index in [0.717, 1.165) is 34.5 Å². The molecule has 3 aromatic heterocycles. The molecule has 0 bridgehead atoms. The van der Waals surface area contributed by atoms with Crippen molar-refractivity contribution in [3.8, 4) is 11.3 Å². The first-order valence-electron chi connectivity index (χ1n) is 9.88. The number of nitrogens with zero attached hydrogens (tertiary/aromatic N) is 3. The quantitative estimate of drug-likeness (QED) is 0.424. The summed E-state index contributed by atoms with van der Waals surface area (Å²) in [5, 5.41) is 1.07. The number of rotatable bonds is 5.